The number of nitro benzene ring substituents is 2. The van der Waals surface area contributed by atoms with Crippen LogP contribution in [-0.2, 0) is 4.79 Å². The number of likely N-dealkylation sites (tertiary alicyclic amines) is 1. The predicted molar refractivity (Wildman–Crippen MR) is 103 cm³/mol. The number of hydrogen-bond donors (Lipinski definition) is 0. The first-order valence-electron chi connectivity index (χ1n) is 9.59. The summed E-state index contributed by atoms with van der Waals surface area (Å²) in [5.41, 5.74) is -0.180. The Morgan fingerprint density at radius 1 is 0.964 bits per heavy atom. The molecular weight excluding hydrogens is 366 g/mol. The fourth-order valence-electron chi connectivity index (χ4n) is 3.92. The van der Waals surface area contributed by atoms with Gasteiger partial charge in [0, 0.05) is 45.3 Å². The average Bonchev–Trinajstić information content (AvgIpc) is 2.73. The molecule has 28 heavy (non-hydrogen) atoms. The van der Waals surface area contributed by atoms with E-state index in [2.05, 4.69) is 4.90 Å². The highest BCUT2D eigenvalue weighted by molar-refractivity contribution is 5.81. The van der Waals surface area contributed by atoms with Crippen LogP contribution in [0.4, 0.5) is 17.1 Å². The van der Waals surface area contributed by atoms with E-state index in [-0.39, 0.29) is 23.3 Å². The zero-order valence-electron chi connectivity index (χ0n) is 16.0. The number of rotatable bonds is 5. The lowest BCUT2D eigenvalue weighted by Gasteiger charge is -2.40. The average molecular weight is 391 g/mol. The smallest absolute Gasteiger partial charge is 0.299 e. The third-order valence-corrected chi connectivity index (χ3v) is 5.59. The van der Waals surface area contributed by atoms with Crippen LogP contribution >= 0.6 is 0 Å². The molecule has 1 aromatic carbocycles. The van der Waals surface area contributed by atoms with Gasteiger partial charge >= 0.3 is 0 Å². The lowest BCUT2D eigenvalue weighted by molar-refractivity contribution is -0.393. The molecule has 2 heterocycles. The molecule has 10 heteroatoms. The molecule has 2 fully saturated rings. The minimum absolute atomic E-state index is 0.148. The molecule has 152 valence electrons. The Morgan fingerprint density at radius 2 is 1.61 bits per heavy atom. The number of non-ortho nitro benzene ring substituents is 1. The van der Waals surface area contributed by atoms with E-state index in [4.69, 9.17) is 0 Å². The quantitative estimate of drug-likeness (QED) is 0.557. The molecule has 0 aliphatic carbocycles. The van der Waals surface area contributed by atoms with Gasteiger partial charge in [0.2, 0.25) is 5.91 Å². The summed E-state index contributed by atoms with van der Waals surface area (Å²) in [6.45, 7) is 5.81. The minimum atomic E-state index is -0.636. The number of carbonyl (C=O) groups excluding carboxylic acids is 1. The molecule has 0 saturated carbocycles. The molecule has 0 bridgehead atoms. The van der Waals surface area contributed by atoms with Crippen molar-refractivity contribution in [1.82, 2.24) is 9.80 Å². The molecule has 0 N–H and O–H groups in total. The van der Waals surface area contributed by atoms with Gasteiger partial charge in [-0.05, 0) is 32.3 Å². The third kappa shape index (κ3) is 4.22. The van der Waals surface area contributed by atoms with Gasteiger partial charge in [0.25, 0.3) is 11.4 Å². The van der Waals surface area contributed by atoms with Gasteiger partial charge in [-0.15, -0.1) is 0 Å². The summed E-state index contributed by atoms with van der Waals surface area (Å²) in [5.74, 6) is 0.148. The minimum Gasteiger partial charge on any atom is -0.363 e. The van der Waals surface area contributed by atoms with Crippen molar-refractivity contribution in [2.24, 2.45) is 0 Å². The molecule has 2 aliphatic rings. The highest BCUT2D eigenvalue weighted by atomic mass is 16.6. The van der Waals surface area contributed by atoms with Gasteiger partial charge in [-0.1, -0.05) is 0 Å². The molecule has 0 unspecified atom stereocenters. The molecule has 2 aliphatic heterocycles. The van der Waals surface area contributed by atoms with E-state index in [0.717, 1.165) is 32.0 Å². The number of nitro groups is 2. The van der Waals surface area contributed by atoms with Crippen LogP contribution in [0.1, 0.15) is 26.2 Å². The van der Waals surface area contributed by atoms with Crippen LogP contribution in [0.15, 0.2) is 18.2 Å². The van der Waals surface area contributed by atoms with Crippen LogP contribution in [0, 0.1) is 20.2 Å². The van der Waals surface area contributed by atoms with Crippen molar-refractivity contribution in [3.05, 3.63) is 38.4 Å². The SMILES string of the molecule is C[C@H](C(=O)N1CCCCC1)N1CCN(c2ccc([N+](=O)[O-])cc2[N+](=O)[O-])CC1. The van der Waals surface area contributed by atoms with Crippen molar-refractivity contribution >= 4 is 23.0 Å². The normalized spacial score (nSPS) is 19.3. The van der Waals surface area contributed by atoms with Gasteiger partial charge in [0.15, 0.2) is 0 Å². The molecule has 3 rings (SSSR count). The number of hydrogen-bond acceptors (Lipinski definition) is 7. The summed E-state index contributed by atoms with van der Waals surface area (Å²) in [7, 11) is 0. The van der Waals surface area contributed by atoms with Crippen molar-refractivity contribution in [2.45, 2.75) is 32.2 Å². The second kappa shape index (κ2) is 8.51. The lowest BCUT2D eigenvalue weighted by Crippen LogP contribution is -2.55. The predicted octanol–water partition coefficient (Wildman–Crippen LogP) is 2.03. The van der Waals surface area contributed by atoms with Crippen molar-refractivity contribution in [2.75, 3.05) is 44.2 Å². The van der Waals surface area contributed by atoms with Gasteiger partial charge in [-0.2, -0.15) is 0 Å². The number of anilines is 1. The van der Waals surface area contributed by atoms with Gasteiger partial charge in [-0.25, -0.2) is 0 Å². The van der Waals surface area contributed by atoms with E-state index < -0.39 is 9.85 Å². The fraction of sp³-hybridized carbons (Fsp3) is 0.611. The Kier molecular flexibility index (Phi) is 6.08. The van der Waals surface area contributed by atoms with Crippen LogP contribution in [0.2, 0.25) is 0 Å². The van der Waals surface area contributed by atoms with E-state index >= 15 is 0 Å². The van der Waals surface area contributed by atoms with Crippen LogP contribution in [-0.4, -0.2) is 70.9 Å². The monoisotopic (exact) mass is 391 g/mol. The van der Waals surface area contributed by atoms with Gasteiger partial charge in [0.05, 0.1) is 22.0 Å². The first kappa shape index (κ1) is 20.0. The Bertz CT molecular complexity index is 757. The number of benzene rings is 1. The summed E-state index contributed by atoms with van der Waals surface area (Å²) >= 11 is 0. The first-order valence-corrected chi connectivity index (χ1v) is 9.59. The maximum atomic E-state index is 12.7. The number of piperazine rings is 1. The fourth-order valence-corrected chi connectivity index (χ4v) is 3.92. The van der Waals surface area contributed by atoms with Crippen molar-refractivity contribution in [3.63, 3.8) is 0 Å². The number of carbonyl (C=O) groups is 1. The van der Waals surface area contributed by atoms with Crippen LogP contribution < -0.4 is 4.90 Å². The van der Waals surface area contributed by atoms with Crippen LogP contribution in [0.5, 0.6) is 0 Å². The summed E-state index contributed by atoms with van der Waals surface area (Å²) in [6.07, 6.45) is 3.27. The Labute approximate surface area is 163 Å². The molecule has 1 amide bonds. The third-order valence-electron chi connectivity index (χ3n) is 5.59. The summed E-state index contributed by atoms with van der Waals surface area (Å²) in [5, 5.41) is 22.3. The van der Waals surface area contributed by atoms with E-state index in [0.29, 0.717) is 31.9 Å². The molecule has 1 aromatic rings. The summed E-state index contributed by atoms with van der Waals surface area (Å²) in [4.78, 5) is 39.7. The van der Waals surface area contributed by atoms with Crippen molar-refractivity contribution in [1.29, 1.82) is 0 Å². The van der Waals surface area contributed by atoms with Crippen LogP contribution in [0.3, 0.4) is 0 Å². The number of nitrogens with zero attached hydrogens (tertiary/aromatic N) is 5. The first-order chi connectivity index (χ1) is 13.4. The van der Waals surface area contributed by atoms with Crippen molar-refractivity contribution in [3.8, 4) is 0 Å². The van der Waals surface area contributed by atoms with Gasteiger partial charge in [-0.3, -0.25) is 29.9 Å². The standard InChI is InChI=1S/C18H25N5O5/c1-14(18(24)21-7-3-2-4-8-21)19-9-11-20(12-10-19)16-6-5-15(22(25)26)13-17(16)23(27)28/h5-6,13-14H,2-4,7-12H2,1H3/t14-/m1/s1. The zero-order chi connectivity index (χ0) is 20.3. The van der Waals surface area contributed by atoms with E-state index in [1.54, 1.807) is 0 Å². The lowest BCUT2D eigenvalue weighted by atomic mass is 10.1. The number of piperidine rings is 1. The molecular formula is C18H25N5O5. The molecule has 10 nitrogen and oxygen atoms in total. The van der Waals surface area contributed by atoms with Gasteiger partial charge in [0.1, 0.15) is 5.69 Å². The molecule has 0 radical (unpaired) electrons. The Morgan fingerprint density at radius 3 is 2.18 bits per heavy atom. The molecule has 0 spiro atoms. The van der Waals surface area contributed by atoms with Crippen LogP contribution in [0.25, 0.3) is 0 Å². The highest BCUT2D eigenvalue weighted by Gasteiger charge is 2.31. The van der Waals surface area contributed by atoms with E-state index in [9.17, 15) is 25.0 Å². The molecule has 1 atom stereocenters. The maximum absolute atomic E-state index is 12.7. The summed E-state index contributed by atoms with van der Waals surface area (Å²) in [6, 6.07) is 3.52. The Hall–Kier alpha value is -2.75. The topological polar surface area (TPSA) is 113 Å². The van der Waals surface area contributed by atoms with Crippen molar-refractivity contribution < 1.29 is 14.6 Å². The molecule has 0 aromatic heterocycles. The Balaban J connectivity index is 1.65. The highest BCUT2D eigenvalue weighted by Crippen LogP contribution is 2.32. The second-order valence-corrected chi connectivity index (χ2v) is 7.27. The molecule has 2 saturated heterocycles. The maximum Gasteiger partial charge on any atom is 0.299 e. The van der Waals surface area contributed by atoms with E-state index in [1.165, 1.54) is 18.6 Å². The second-order valence-electron chi connectivity index (χ2n) is 7.27. The van der Waals surface area contributed by atoms with Gasteiger partial charge < -0.3 is 9.80 Å². The zero-order valence-corrected chi connectivity index (χ0v) is 16.0. The number of amides is 1. The summed E-state index contributed by atoms with van der Waals surface area (Å²) < 4.78 is 0. The largest absolute Gasteiger partial charge is 0.363 e. The van der Waals surface area contributed by atoms with E-state index in [1.807, 2.05) is 16.7 Å².